The number of amides is 2. The smallest absolute Gasteiger partial charge is 0.261 e. The number of nitriles is 1. The fourth-order valence-corrected chi connectivity index (χ4v) is 2.80. The van der Waals surface area contributed by atoms with Gasteiger partial charge in [0.05, 0.1) is 23.7 Å². The second kappa shape index (κ2) is 5.51. The number of carbonyl (C=O) groups excluding carboxylic acids is 2. The summed E-state index contributed by atoms with van der Waals surface area (Å²) in [5.41, 5.74) is 2.45. The summed E-state index contributed by atoms with van der Waals surface area (Å²) < 4.78 is 0. The summed E-state index contributed by atoms with van der Waals surface area (Å²) in [7, 11) is 0. The van der Waals surface area contributed by atoms with E-state index in [-0.39, 0.29) is 18.4 Å². The first kappa shape index (κ1) is 13.5. The van der Waals surface area contributed by atoms with Gasteiger partial charge in [0.15, 0.2) is 0 Å². The molecule has 1 fully saturated rings. The minimum absolute atomic E-state index is 0.0815. The number of hydrogen-bond donors (Lipinski definition) is 1. The van der Waals surface area contributed by atoms with Crippen molar-refractivity contribution < 1.29 is 9.59 Å². The topological polar surface area (TPSA) is 73.2 Å². The largest absolute Gasteiger partial charge is 0.316 e. The Morgan fingerprint density at radius 3 is 2.24 bits per heavy atom. The van der Waals surface area contributed by atoms with Gasteiger partial charge in [-0.3, -0.25) is 14.5 Å². The Morgan fingerprint density at radius 2 is 1.71 bits per heavy atom. The van der Waals surface area contributed by atoms with Gasteiger partial charge in [0.2, 0.25) is 0 Å². The highest BCUT2D eigenvalue weighted by Gasteiger charge is 2.35. The molecule has 0 bridgehead atoms. The number of hydrogen-bond acceptors (Lipinski definition) is 4. The molecule has 21 heavy (non-hydrogen) atoms. The number of nitrogens with one attached hydrogen (secondary N) is 1. The van der Waals surface area contributed by atoms with Crippen LogP contribution in [-0.2, 0) is 0 Å². The molecule has 1 saturated heterocycles. The monoisotopic (exact) mass is 281 g/mol. The molecule has 5 nitrogen and oxygen atoms in total. The van der Waals surface area contributed by atoms with E-state index in [0.29, 0.717) is 16.7 Å². The molecule has 106 valence electrons. The lowest BCUT2D eigenvalue weighted by Gasteiger charge is -2.20. The Labute approximate surface area is 122 Å². The maximum Gasteiger partial charge on any atom is 0.261 e. The van der Waals surface area contributed by atoms with Crippen molar-refractivity contribution in [1.29, 1.82) is 5.26 Å². The van der Waals surface area contributed by atoms with Crippen molar-refractivity contribution in [2.24, 2.45) is 0 Å². The first-order valence-corrected chi connectivity index (χ1v) is 6.99. The van der Waals surface area contributed by atoms with Crippen LogP contribution in [0.2, 0.25) is 0 Å². The molecule has 0 aromatic heterocycles. The Hall–Kier alpha value is -2.45. The molecular formula is C16H15N3O2. The molecule has 2 aliphatic rings. The van der Waals surface area contributed by atoms with Gasteiger partial charge in [0.25, 0.3) is 11.8 Å². The van der Waals surface area contributed by atoms with Crippen LogP contribution in [0.3, 0.4) is 0 Å². The third-order valence-electron chi connectivity index (χ3n) is 3.96. The van der Waals surface area contributed by atoms with Crippen LogP contribution in [0, 0.1) is 11.3 Å². The number of benzene rings is 1. The van der Waals surface area contributed by atoms with E-state index in [2.05, 4.69) is 11.4 Å². The molecule has 2 heterocycles. The van der Waals surface area contributed by atoms with Crippen molar-refractivity contribution in [2.75, 3.05) is 19.6 Å². The summed E-state index contributed by atoms with van der Waals surface area (Å²) in [5, 5.41) is 12.6. The highest BCUT2D eigenvalue weighted by Crippen LogP contribution is 2.25. The van der Waals surface area contributed by atoms with Gasteiger partial charge in [-0.2, -0.15) is 5.26 Å². The van der Waals surface area contributed by atoms with Crippen LogP contribution >= 0.6 is 0 Å². The van der Waals surface area contributed by atoms with E-state index in [9.17, 15) is 14.9 Å². The standard InChI is InChI=1S/C16H15N3O2/c17-9-12(11-5-7-18-8-6-11)10-19-15(20)13-3-1-2-4-14(13)16(19)21/h1-4,18H,5-8,10H2. The molecule has 1 N–H and O–H groups in total. The summed E-state index contributed by atoms with van der Waals surface area (Å²) in [6.45, 7) is 1.75. The van der Waals surface area contributed by atoms with E-state index < -0.39 is 0 Å². The lowest BCUT2D eigenvalue weighted by Crippen LogP contribution is -2.33. The van der Waals surface area contributed by atoms with E-state index in [1.807, 2.05) is 0 Å². The predicted octanol–water partition coefficient (Wildman–Crippen LogP) is 1.49. The molecule has 3 rings (SSSR count). The summed E-state index contributed by atoms with van der Waals surface area (Å²) in [5.74, 6) is -0.615. The van der Waals surface area contributed by atoms with Crippen LogP contribution in [0.1, 0.15) is 33.6 Å². The van der Waals surface area contributed by atoms with Crippen LogP contribution < -0.4 is 5.32 Å². The zero-order chi connectivity index (χ0) is 14.8. The molecule has 0 atom stereocenters. The molecule has 5 heteroatoms. The highest BCUT2D eigenvalue weighted by atomic mass is 16.2. The fraction of sp³-hybridized carbons (Fsp3) is 0.312. The molecule has 0 aliphatic carbocycles. The second-order valence-electron chi connectivity index (χ2n) is 5.19. The SMILES string of the molecule is N#CC(CN1C(=O)c2ccccc2C1=O)=C1CCNCC1. The lowest BCUT2D eigenvalue weighted by atomic mass is 9.99. The van der Waals surface area contributed by atoms with Crippen LogP contribution in [0.25, 0.3) is 0 Å². The van der Waals surface area contributed by atoms with E-state index in [1.165, 1.54) is 4.90 Å². The third kappa shape index (κ3) is 2.34. The first-order valence-electron chi connectivity index (χ1n) is 6.99. The minimum atomic E-state index is -0.308. The van der Waals surface area contributed by atoms with Crippen LogP contribution in [0.5, 0.6) is 0 Å². The Morgan fingerprint density at radius 1 is 1.14 bits per heavy atom. The number of rotatable bonds is 2. The van der Waals surface area contributed by atoms with Crippen LogP contribution in [0.4, 0.5) is 0 Å². The molecule has 0 spiro atoms. The van der Waals surface area contributed by atoms with Crippen molar-refractivity contribution in [3.05, 3.63) is 46.5 Å². The quantitative estimate of drug-likeness (QED) is 0.658. The highest BCUT2D eigenvalue weighted by molar-refractivity contribution is 6.21. The van der Waals surface area contributed by atoms with Gasteiger partial charge in [0, 0.05) is 5.57 Å². The van der Waals surface area contributed by atoms with Crippen molar-refractivity contribution >= 4 is 11.8 Å². The Kier molecular flexibility index (Phi) is 3.55. The summed E-state index contributed by atoms with van der Waals surface area (Å²) >= 11 is 0. The van der Waals surface area contributed by atoms with Crippen molar-refractivity contribution in [1.82, 2.24) is 10.2 Å². The minimum Gasteiger partial charge on any atom is -0.316 e. The van der Waals surface area contributed by atoms with Crippen molar-refractivity contribution in [3.63, 3.8) is 0 Å². The van der Waals surface area contributed by atoms with E-state index in [4.69, 9.17) is 0 Å². The molecule has 2 amide bonds. The zero-order valence-electron chi connectivity index (χ0n) is 11.6. The predicted molar refractivity (Wildman–Crippen MR) is 76.6 cm³/mol. The molecule has 0 saturated carbocycles. The van der Waals surface area contributed by atoms with Crippen molar-refractivity contribution in [3.8, 4) is 6.07 Å². The fourth-order valence-electron chi connectivity index (χ4n) is 2.80. The molecule has 0 radical (unpaired) electrons. The maximum absolute atomic E-state index is 12.3. The molecular weight excluding hydrogens is 266 g/mol. The molecule has 1 aromatic rings. The van der Waals surface area contributed by atoms with E-state index in [1.54, 1.807) is 24.3 Å². The number of imide groups is 1. The van der Waals surface area contributed by atoms with Gasteiger partial charge >= 0.3 is 0 Å². The molecule has 0 unspecified atom stereocenters. The Bertz CT molecular complexity index is 642. The van der Waals surface area contributed by atoms with Gasteiger partial charge < -0.3 is 5.32 Å². The van der Waals surface area contributed by atoms with Gasteiger partial charge in [-0.1, -0.05) is 17.7 Å². The Balaban J connectivity index is 1.88. The summed E-state index contributed by atoms with van der Waals surface area (Å²) in [4.78, 5) is 25.8. The average Bonchev–Trinajstić information content (AvgIpc) is 2.78. The zero-order valence-corrected chi connectivity index (χ0v) is 11.6. The van der Waals surface area contributed by atoms with Gasteiger partial charge in [0.1, 0.15) is 0 Å². The third-order valence-corrected chi connectivity index (χ3v) is 3.96. The summed E-state index contributed by atoms with van der Waals surface area (Å²) in [6, 6.07) is 8.96. The van der Waals surface area contributed by atoms with Gasteiger partial charge in [-0.05, 0) is 38.1 Å². The molecule has 1 aromatic carbocycles. The van der Waals surface area contributed by atoms with Gasteiger partial charge in [-0.15, -0.1) is 0 Å². The van der Waals surface area contributed by atoms with Crippen molar-refractivity contribution in [2.45, 2.75) is 12.8 Å². The number of piperidine rings is 1. The summed E-state index contributed by atoms with van der Waals surface area (Å²) in [6.07, 6.45) is 1.60. The van der Waals surface area contributed by atoms with Crippen LogP contribution in [-0.4, -0.2) is 36.3 Å². The number of nitrogens with zero attached hydrogens (tertiary/aromatic N) is 2. The maximum atomic E-state index is 12.3. The van der Waals surface area contributed by atoms with Crippen LogP contribution in [0.15, 0.2) is 35.4 Å². The van der Waals surface area contributed by atoms with E-state index >= 15 is 0 Å². The normalized spacial score (nSPS) is 17.7. The number of carbonyl (C=O) groups is 2. The number of fused-ring (bicyclic) bond motifs is 1. The lowest BCUT2D eigenvalue weighted by molar-refractivity contribution is 0.0669. The average molecular weight is 281 g/mol. The second-order valence-corrected chi connectivity index (χ2v) is 5.19. The first-order chi connectivity index (χ1) is 10.2. The van der Waals surface area contributed by atoms with E-state index in [0.717, 1.165) is 31.5 Å². The molecule has 2 aliphatic heterocycles. The van der Waals surface area contributed by atoms with Gasteiger partial charge in [-0.25, -0.2) is 0 Å².